The van der Waals surface area contributed by atoms with Gasteiger partial charge in [-0.3, -0.25) is 0 Å². The lowest BCUT2D eigenvalue weighted by Gasteiger charge is -2.09. The van der Waals surface area contributed by atoms with Crippen molar-refractivity contribution < 1.29 is 5.11 Å². The summed E-state index contributed by atoms with van der Waals surface area (Å²) >= 11 is 1.74. The van der Waals surface area contributed by atoms with Crippen molar-refractivity contribution in [3.8, 4) is 0 Å². The van der Waals surface area contributed by atoms with Crippen molar-refractivity contribution in [3.63, 3.8) is 0 Å². The zero-order valence-electron chi connectivity index (χ0n) is 8.50. The summed E-state index contributed by atoms with van der Waals surface area (Å²) in [5.41, 5.74) is 3.70. The van der Waals surface area contributed by atoms with Crippen LogP contribution in [-0.4, -0.2) is 5.11 Å². The maximum absolute atomic E-state index is 9.36. The van der Waals surface area contributed by atoms with Gasteiger partial charge in [0.1, 0.15) is 0 Å². The van der Waals surface area contributed by atoms with Gasteiger partial charge in [-0.15, -0.1) is 11.3 Å². The Morgan fingerprint density at radius 2 is 2.21 bits per heavy atom. The van der Waals surface area contributed by atoms with Crippen LogP contribution in [0.15, 0.2) is 17.5 Å². The zero-order chi connectivity index (χ0) is 10.1. The quantitative estimate of drug-likeness (QED) is 0.799. The van der Waals surface area contributed by atoms with Gasteiger partial charge in [0.2, 0.25) is 0 Å². The molecule has 1 N–H and O–H groups in total. The standard InChI is InChI=1S/C12H14OS/c1-3-9-6-12-10(4-5-14-12)11(7-13)8(9)2/h4-6,13H,3,7H2,1-2H3. The van der Waals surface area contributed by atoms with Gasteiger partial charge in [-0.05, 0) is 52.9 Å². The van der Waals surface area contributed by atoms with Crippen molar-refractivity contribution in [3.05, 3.63) is 34.2 Å². The molecule has 0 spiro atoms. The molecule has 2 heteroatoms. The minimum absolute atomic E-state index is 0.146. The normalized spacial score (nSPS) is 11.1. The minimum Gasteiger partial charge on any atom is -0.392 e. The van der Waals surface area contributed by atoms with Crippen molar-refractivity contribution in [2.45, 2.75) is 26.9 Å². The fourth-order valence-corrected chi connectivity index (χ4v) is 2.79. The molecule has 74 valence electrons. The van der Waals surface area contributed by atoms with Crippen molar-refractivity contribution in [2.24, 2.45) is 0 Å². The Morgan fingerprint density at radius 1 is 1.43 bits per heavy atom. The van der Waals surface area contributed by atoms with Crippen LogP contribution >= 0.6 is 11.3 Å². The first kappa shape index (κ1) is 9.69. The lowest BCUT2D eigenvalue weighted by atomic mass is 9.98. The molecule has 1 aromatic heterocycles. The summed E-state index contributed by atoms with van der Waals surface area (Å²) in [6, 6.07) is 4.34. The maximum atomic E-state index is 9.36. The molecule has 0 fully saturated rings. The lowest BCUT2D eigenvalue weighted by Crippen LogP contribution is -1.95. The first-order valence-electron chi connectivity index (χ1n) is 4.87. The van der Waals surface area contributed by atoms with E-state index in [-0.39, 0.29) is 6.61 Å². The summed E-state index contributed by atoms with van der Waals surface area (Å²) in [4.78, 5) is 0. The van der Waals surface area contributed by atoms with E-state index < -0.39 is 0 Å². The Bertz CT molecular complexity index is 457. The second-order valence-corrected chi connectivity index (χ2v) is 4.43. The van der Waals surface area contributed by atoms with E-state index in [2.05, 4.69) is 31.4 Å². The highest BCUT2D eigenvalue weighted by Gasteiger charge is 2.08. The van der Waals surface area contributed by atoms with Gasteiger partial charge in [0, 0.05) is 4.70 Å². The summed E-state index contributed by atoms with van der Waals surface area (Å²) in [5.74, 6) is 0. The molecule has 2 aromatic rings. The summed E-state index contributed by atoms with van der Waals surface area (Å²) < 4.78 is 1.29. The van der Waals surface area contributed by atoms with Crippen LogP contribution in [0.25, 0.3) is 10.1 Å². The van der Waals surface area contributed by atoms with Crippen LogP contribution in [-0.2, 0) is 13.0 Å². The molecule has 0 aliphatic heterocycles. The van der Waals surface area contributed by atoms with Crippen molar-refractivity contribution >= 4 is 21.4 Å². The van der Waals surface area contributed by atoms with Crippen LogP contribution < -0.4 is 0 Å². The average Bonchev–Trinajstić information content (AvgIpc) is 2.64. The topological polar surface area (TPSA) is 20.2 Å². The number of hydrogen-bond donors (Lipinski definition) is 1. The predicted octanol–water partition coefficient (Wildman–Crippen LogP) is 3.26. The first-order chi connectivity index (χ1) is 6.77. The Morgan fingerprint density at radius 3 is 2.86 bits per heavy atom. The number of aliphatic hydroxyl groups is 1. The SMILES string of the molecule is CCc1cc2sccc2c(CO)c1C. The van der Waals surface area contributed by atoms with Gasteiger partial charge < -0.3 is 5.11 Å². The molecular weight excluding hydrogens is 192 g/mol. The highest BCUT2D eigenvalue weighted by atomic mass is 32.1. The molecule has 0 aliphatic carbocycles. The number of aryl methyl sites for hydroxylation is 1. The van der Waals surface area contributed by atoms with Gasteiger partial charge in [0.05, 0.1) is 6.61 Å². The molecule has 0 aliphatic rings. The first-order valence-corrected chi connectivity index (χ1v) is 5.75. The van der Waals surface area contributed by atoms with E-state index >= 15 is 0 Å². The third kappa shape index (κ3) is 1.35. The van der Waals surface area contributed by atoms with Gasteiger partial charge in [-0.25, -0.2) is 0 Å². The molecule has 2 rings (SSSR count). The minimum atomic E-state index is 0.146. The molecule has 0 unspecified atom stereocenters. The molecule has 0 atom stereocenters. The molecular formula is C12H14OS. The van der Waals surface area contributed by atoms with E-state index in [0.717, 1.165) is 12.0 Å². The Hall–Kier alpha value is -0.860. The molecule has 0 saturated carbocycles. The number of aliphatic hydroxyl groups excluding tert-OH is 1. The van der Waals surface area contributed by atoms with Gasteiger partial charge in [-0.2, -0.15) is 0 Å². The molecule has 1 heterocycles. The summed E-state index contributed by atoms with van der Waals surface area (Å²) in [6.07, 6.45) is 1.03. The van der Waals surface area contributed by atoms with Gasteiger partial charge in [-0.1, -0.05) is 6.92 Å². The largest absolute Gasteiger partial charge is 0.392 e. The molecule has 0 saturated heterocycles. The Kier molecular flexibility index (Phi) is 2.57. The highest BCUT2D eigenvalue weighted by Crippen LogP contribution is 2.29. The van der Waals surface area contributed by atoms with E-state index in [1.165, 1.54) is 21.2 Å². The van der Waals surface area contributed by atoms with Crippen molar-refractivity contribution in [1.82, 2.24) is 0 Å². The van der Waals surface area contributed by atoms with Crippen LogP contribution in [0, 0.1) is 6.92 Å². The molecule has 1 nitrogen and oxygen atoms in total. The number of fused-ring (bicyclic) bond motifs is 1. The van der Waals surface area contributed by atoms with Gasteiger partial charge >= 0.3 is 0 Å². The number of benzene rings is 1. The number of thiophene rings is 1. The third-order valence-electron chi connectivity index (χ3n) is 2.80. The summed E-state index contributed by atoms with van der Waals surface area (Å²) in [6.45, 7) is 4.40. The zero-order valence-corrected chi connectivity index (χ0v) is 9.32. The van der Waals surface area contributed by atoms with E-state index in [0.29, 0.717) is 0 Å². The van der Waals surface area contributed by atoms with Crippen LogP contribution in [0.3, 0.4) is 0 Å². The molecule has 0 bridgehead atoms. The fraction of sp³-hybridized carbons (Fsp3) is 0.333. The van der Waals surface area contributed by atoms with Crippen LogP contribution in [0.1, 0.15) is 23.6 Å². The van der Waals surface area contributed by atoms with Crippen LogP contribution in [0.4, 0.5) is 0 Å². The molecule has 0 radical (unpaired) electrons. The lowest BCUT2D eigenvalue weighted by molar-refractivity contribution is 0.282. The van der Waals surface area contributed by atoms with Gasteiger partial charge in [0.25, 0.3) is 0 Å². The molecule has 0 amide bonds. The highest BCUT2D eigenvalue weighted by molar-refractivity contribution is 7.17. The second kappa shape index (κ2) is 3.71. The smallest absolute Gasteiger partial charge is 0.0690 e. The Balaban J connectivity index is 2.80. The number of hydrogen-bond acceptors (Lipinski definition) is 2. The van der Waals surface area contributed by atoms with Crippen LogP contribution in [0.2, 0.25) is 0 Å². The fourth-order valence-electron chi connectivity index (χ4n) is 1.92. The van der Waals surface area contributed by atoms with E-state index in [4.69, 9.17) is 0 Å². The average molecular weight is 206 g/mol. The summed E-state index contributed by atoms with van der Waals surface area (Å²) in [7, 11) is 0. The summed E-state index contributed by atoms with van der Waals surface area (Å²) in [5, 5.41) is 12.7. The van der Waals surface area contributed by atoms with Crippen LogP contribution in [0.5, 0.6) is 0 Å². The third-order valence-corrected chi connectivity index (χ3v) is 3.66. The maximum Gasteiger partial charge on any atom is 0.0690 e. The Labute approximate surface area is 88.0 Å². The van der Waals surface area contributed by atoms with E-state index in [9.17, 15) is 5.11 Å². The predicted molar refractivity (Wildman–Crippen MR) is 61.9 cm³/mol. The molecule has 1 aromatic carbocycles. The van der Waals surface area contributed by atoms with E-state index in [1.807, 2.05) is 0 Å². The monoisotopic (exact) mass is 206 g/mol. The second-order valence-electron chi connectivity index (χ2n) is 3.48. The van der Waals surface area contributed by atoms with E-state index in [1.54, 1.807) is 11.3 Å². The number of rotatable bonds is 2. The van der Waals surface area contributed by atoms with Crippen molar-refractivity contribution in [2.75, 3.05) is 0 Å². The van der Waals surface area contributed by atoms with Gasteiger partial charge in [0.15, 0.2) is 0 Å². The van der Waals surface area contributed by atoms with Crippen molar-refractivity contribution in [1.29, 1.82) is 0 Å². The molecule has 14 heavy (non-hydrogen) atoms.